The van der Waals surface area contributed by atoms with Crippen molar-refractivity contribution in [2.75, 3.05) is 39.0 Å². The van der Waals surface area contributed by atoms with Gasteiger partial charge >= 0.3 is 0 Å². The van der Waals surface area contributed by atoms with Gasteiger partial charge in [-0.25, -0.2) is 0 Å². The van der Waals surface area contributed by atoms with Gasteiger partial charge in [0.1, 0.15) is 0 Å². The molecule has 2 atom stereocenters. The smallest absolute Gasteiger partial charge is 0.254 e. The highest BCUT2D eigenvalue weighted by Crippen LogP contribution is 2.20. The van der Waals surface area contributed by atoms with Gasteiger partial charge in [-0.2, -0.15) is 12.6 Å². The molecule has 1 aliphatic heterocycles. The molecule has 1 aliphatic rings. The maximum atomic E-state index is 13.1. The number of likely N-dealkylation sites (N-methyl/N-ethyl adjacent to an activating group) is 1. The molecule has 1 N–H and O–H groups in total. The second-order valence-electron chi connectivity index (χ2n) is 7.46. The number of amides is 1. The number of nitrogens with zero attached hydrogens (tertiary/aromatic N) is 2. The predicted octanol–water partition coefficient (Wildman–Crippen LogP) is 3.98. The van der Waals surface area contributed by atoms with Crippen LogP contribution >= 0.6 is 37.4 Å². The quantitative estimate of drug-likeness (QED) is 0.588. The Morgan fingerprint density at radius 2 is 2.00 bits per heavy atom. The third-order valence-corrected chi connectivity index (χ3v) is 6.14. The van der Waals surface area contributed by atoms with Gasteiger partial charge in [-0.05, 0) is 44.5 Å². The lowest BCUT2D eigenvalue weighted by molar-refractivity contribution is 0.0438. The number of hydrogen-bond donors (Lipinski definition) is 2. The first-order valence-corrected chi connectivity index (χ1v) is 10.5. The van der Waals surface area contributed by atoms with E-state index in [0.29, 0.717) is 12.1 Å². The number of hydrogen-bond acceptors (Lipinski definition) is 4. The lowest BCUT2D eigenvalue weighted by Crippen LogP contribution is -2.57. The Morgan fingerprint density at radius 1 is 1.29 bits per heavy atom. The van der Waals surface area contributed by atoms with Gasteiger partial charge in [0.15, 0.2) is 0 Å². The summed E-state index contributed by atoms with van der Waals surface area (Å²) in [5, 5.41) is 3.35. The molecule has 28 heavy (non-hydrogen) atoms. The van der Waals surface area contributed by atoms with Crippen molar-refractivity contribution in [1.29, 1.82) is 0 Å². The van der Waals surface area contributed by atoms with Crippen LogP contribution in [-0.4, -0.2) is 66.8 Å². The van der Waals surface area contributed by atoms with Crippen molar-refractivity contribution in [3.63, 3.8) is 0 Å². The van der Waals surface area contributed by atoms with E-state index < -0.39 is 0 Å². The summed E-state index contributed by atoms with van der Waals surface area (Å²) in [5.74, 6) is 1.02. The molecule has 0 bridgehead atoms. The molecule has 0 radical (unpaired) electrons. The van der Waals surface area contributed by atoms with Crippen molar-refractivity contribution in [2.45, 2.75) is 52.1 Å². The molecule has 7 heteroatoms. The SMILES string of the molecule is CCCC[C@H]1CN(C(=O)c2cccc(C)c2C)CCN1C[C@H](CS)NC.Cl.Cl. The molecule has 0 aliphatic carbocycles. The minimum Gasteiger partial charge on any atom is -0.336 e. The highest BCUT2D eigenvalue weighted by Gasteiger charge is 2.31. The molecule has 1 aromatic rings. The zero-order chi connectivity index (χ0) is 19.1. The van der Waals surface area contributed by atoms with Crippen LogP contribution in [0, 0.1) is 13.8 Å². The van der Waals surface area contributed by atoms with Gasteiger partial charge in [0, 0.05) is 49.6 Å². The first kappa shape index (κ1) is 27.5. The fraction of sp³-hybridized carbons (Fsp3) is 0.667. The van der Waals surface area contributed by atoms with Crippen LogP contribution in [0.3, 0.4) is 0 Å². The first-order chi connectivity index (χ1) is 12.5. The molecule has 1 saturated heterocycles. The highest BCUT2D eigenvalue weighted by atomic mass is 35.5. The predicted molar refractivity (Wildman–Crippen MR) is 128 cm³/mol. The monoisotopic (exact) mass is 449 g/mol. The van der Waals surface area contributed by atoms with Gasteiger partial charge in [-0.15, -0.1) is 24.8 Å². The zero-order valence-corrected chi connectivity index (χ0v) is 20.1. The maximum absolute atomic E-state index is 13.1. The molecule has 0 aromatic heterocycles. The summed E-state index contributed by atoms with van der Waals surface area (Å²) >= 11 is 4.46. The Morgan fingerprint density at radius 3 is 2.61 bits per heavy atom. The highest BCUT2D eigenvalue weighted by molar-refractivity contribution is 7.80. The van der Waals surface area contributed by atoms with Gasteiger partial charge in [0.2, 0.25) is 0 Å². The van der Waals surface area contributed by atoms with Gasteiger partial charge in [-0.1, -0.05) is 31.9 Å². The number of nitrogens with one attached hydrogen (secondary N) is 1. The number of thiol groups is 1. The van der Waals surface area contributed by atoms with E-state index in [0.717, 1.165) is 49.5 Å². The Kier molecular flexibility index (Phi) is 13.5. The number of unbranched alkanes of at least 4 members (excludes halogenated alkanes) is 1. The summed E-state index contributed by atoms with van der Waals surface area (Å²) in [5.41, 5.74) is 3.15. The number of carbonyl (C=O) groups excluding carboxylic acids is 1. The number of rotatable bonds is 8. The number of halogens is 2. The van der Waals surface area contributed by atoms with E-state index in [9.17, 15) is 4.79 Å². The number of carbonyl (C=O) groups is 1. The van der Waals surface area contributed by atoms with E-state index in [1.54, 1.807) is 0 Å². The topological polar surface area (TPSA) is 35.6 Å². The molecule has 0 spiro atoms. The van der Waals surface area contributed by atoms with Gasteiger partial charge in [0.25, 0.3) is 5.91 Å². The third-order valence-electron chi connectivity index (χ3n) is 5.70. The lowest BCUT2D eigenvalue weighted by Gasteiger charge is -2.43. The van der Waals surface area contributed by atoms with Crippen LogP contribution in [0.4, 0.5) is 0 Å². The number of piperazine rings is 1. The zero-order valence-electron chi connectivity index (χ0n) is 17.6. The van der Waals surface area contributed by atoms with Crippen LogP contribution in [0.5, 0.6) is 0 Å². The molecule has 1 amide bonds. The van der Waals surface area contributed by atoms with Crippen LogP contribution in [-0.2, 0) is 0 Å². The van der Waals surface area contributed by atoms with Gasteiger partial charge < -0.3 is 10.2 Å². The minimum absolute atomic E-state index is 0. The minimum atomic E-state index is 0. The summed E-state index contributed by atoms with van der Waals surface area (Å²) in [6.45, 7) is 9.93. The summed E-state index contributed by atoms with van der Waals surface area (Å²) in [6, 6.07) is 6.86. The molecule has 0 saturated carbocycles. The average Bonchev–Trinajstić information content (AvgIpc) is 2.66. The van der Waals surface area contributed by atoms with Gasteiger partial charge in [0.05, 0.1) is 0 Å². The van der Waals surface area contributed by atoms with E-state index >= 15 is 0 Å². The number of aryl methyl sites for hydroxylation is 1. The van der Waals surface area contributed by atoms with Crippen LogP contribution in [0.1, 0.15) is 47.7 Å². The summed E-state index contributed by atoms with van der Waals surface area (Å²) < 4.78 is 0. The third kappa shape index (κ3) is 7.10. The normalized spacial score (nSPS) is 18.2. The Balaban J connectivity index is 0.00000364. The van der Waals surface area contributed by atoms with E-state index in [1.165, 1.54) is 18.4 Å². The summed E-state index contributed by atoms with van der Waals surface area (Å²) in [6.07, 6.45) is 3.55. The van der Waals surface area contributed by atoms with Crippen molar-refractivity contribution in [1.82, 2.24) is 15.1 Å². The molecular formula is C21H37Cl2N3OS. The standard InChI is InChI=1S/C21H35N3OS.2ClH/c1-5-6-9-19-14-24(12-11-23(19)13-18(15-26)22-4)21(25)20-10-7-8-16(2)17(20)3;;/h7-8,10,18-19,22,26H,5-6,9,11-15H2,1-4H3;2*1H/t18-,19+;;/m1../s1. The number of benzene rings is 1. The van der Waals surface area contributed by atoms with E-state index in [1.807, 2.05) is 19.2 Å². The largest absolute Gasteiger partial charge is 0.336 e. The first-order valence-electron chi connectivity index (χ1n) is 9.89. The fourth-order valence-corrected chi connectivity index (χ4v) is 4.01. The molecule has 1 aromatic carbocycles. The van der Waals surface area contributed by atoms with Gasteiger partial charge in [-0.3, -0.25) is 9.69 Å². The summed E-state index contributed by atoms with van der Waals surface area (Å²) in [7, 11) is 2.00. The van der Waals surface area contributed by atoms with Crippen LogP contribution < -0.4 is 5.32 Å². The van der Waals surface area contributed by atoms with Crippen molar-refractivity contribution in [2.24, 2.45) is 0 Å². The Bertz CT molecular complexity index is 599. The Hall–Kier alpha value is -0.460. The second-order valence-corrected chi connectivity index (χ2v) is 7.82. The van der Waals surface area contributed by atoms with Crippen molar-refractivity contribution >= 4 is 43.4 Å². The average molecular weight is 451 g/mol. The molecule has 1 heterocycles. The lowest BCUT2D eigenvalue weighted by atomic mass is 10.00. The second kappa shape index (κ2) is 13.7. The van der Waals surface area contributed by atoms with Crippen LogP contribution in [0.15, 0.2) is 18.2 Å². The molecule has 2 rings (SSSR count). The van der Waals surface area contributed by atoms with Crippen LogP contribution in [0.2, 0.25) is 0 Å². The Labute approximate surface area is 189 Å². The van der Waals surface area contributed by atoms with Crippen molar-refractivity contribution in [3.8, 4) is 0 Å². The molecule has 1 fully saturated rings. The molecule has 162 valence electrons. The van der Waals surface area contributed by atoms with Crippen molar-refractivity contribution in [3.05, 3.63) is 34.9 Å². The fourth-order valence-electron chi connectivity index (χ4n) is 3.71. The van der Waals surface area contributed by atoms with E-state index in [-0.39, 0.29) is 30.7 Å². The van der Waals surface area contributed by atoms with E-state index in [2.05, 4.69) is 54.6 Å². The van der Waals surface area contributed by atoms with Crippen molar-refractivity contribution < 1.29 is 4.79 Å². The molecular weight excluding hydrogens is 413 g/mol. The summed E-state index contributed by atoms with van der Waals surface area (Å²) in [4.78, 5) is 17.7. The molecule has 0 unspecified atom stereocenters. The molecule has 4 nitrogen and oxygen atoms in total. The van der Waals surface area contributed by atoms with E-state index in [4.69, 9.17) is 0 Å². The van der Waals surface area contributed by atoms with Crippen LogP contribution in [0.25, 0.3) is 0 Å². The maximum Gasteiger partial charge on any atom is 0.254 e.